The molecule has 4 nitrogen and oxygen atoms in total. The second kappa shape index (κ2) is 3.20. The predicted octanol–water partition coefficient (Wildman–Crippen LogP) is 1.87. The van der Waals surface area contributed by atoms with Crippen molar-refractivity contribution >= 4 is 17.5 Å². The second-order valence-electron chi connectivity index (χ2n) is 4.41. The SMILES string of the molecule is Cc1ccc2c(c1)C1=Nn3cnnc3SC1C2. The average molecular weight is 242 g/mol. The van der Waals surface area contributed by atoms with Gasteiger partial charge in [-0.25, -0.2) is 0 Å². The van der Waals surface area contributed by atoms with Gasteiger partial charge in [-0.1, -0.05) is 29.5 Å². The Hall–Kier alpha value is -1.62. The van der Waals surface area contributed by atoms with E-state index in [1.54, 1.807) is 22.8 Å². The highest BCUT2D eigenvalue weighted by atomic mass is 32.2. The lowest BCUT2D eigenvalue weighted by molar-refractivity contribution is 0.748. The van der Waals surface area contributed by atoms with Gasteiger partial charge in [0.1, 0.15) is 6.33 Å². The second-order valence-corrected chi connectivity index (χ2v) is 5.58. The summed E-state index contributed by atoms with van der Waals surface area (Å²) in [5, 5.41) is 13.9. The first-order chi connectivity index (χ1) is 8.31. The highest BCUT2D eigenvalue weighted by molar-refractivity contribution is 8.00. The molecule has 1 aliphatic heterocycles. The van der Waals surface area contributed by atoms with Crippen molar-refractivity contribution in [2.24, 2.45) is 5.10 Å². The topological polar surface area (TPSA) is 43.1 Å². The number of nitrogens with zero attached hydrogens (tertiary/aromatic N) is 4. The molecule has 17 heavy (non-hydrogen) atoms. The van der Waals surface area contributed by atoms with E-state index >= 15 is 0 Å². The lowest BCUT2D eigenvalue weighted by Gasteiger charge is -2.15. The Morgan fingerprint density at radius 3 is 3.29 bits per heavy atom. The Morgan fingerprint density at radius 1 is 1.41 bits per heavy atom. The summed E-state index contributed by atoms with van der Waals surface area (Å²) in [5.41, 5.74) is 5.14. The standard InChI is InChI=1S/C12H10N4S/c1-7-2-3-8-5-10-11(9(8)4-7)15-16-6-13-14-12(16)17-10/h2-4,6,10H,5H2,1H3. The summed E-state index contributed by atoms with van der Waals surface area (Å²) in [7, 11) is 0. The summed E-state index contributed by atoms with van der Waals surface area (Å²) in [5.74, 6) is 0. The number of fused-ring (bicyclic) bond motifs is 4. The number of benzene rings is 1. The summed E-state index contributed by atoms with van der Waals surface area (Å²) < 4.78 is 1.77. The molecule has 0 radical (unpaired) electrons. The minimum Gasteiger partial charge on any atom is -0.194 e. The summed E-state index contributed by atoms with van der Waals surface area (Å²) >= 11 is 1.76. The normalized spacial score (nSPS) is 20.5. The molecular formula is C12H10N4S. The molecule has 2 aliphatic rings. The predicted molar refractivity (Wildman–Crippen MR) is 66.5 cm³/mol. The van der Waals surface area contributed by atoms with Gasteiger partial charge >= 0.3 is 0 Å². The fourth-order valence-corrected chi connectivity index (χ4v) is 3.49. The smallest absolute Gasteiger partial charge is 0.194 e. The van der Waals surface area contributed by atoms with Crippen LogP contribution < -0.4 is 0 Å². The van der Waals surface area contributed by atoms with Crippen LogP contribution in [0.5, 0.6) is 0 Å². The van der Waals surface area contributed by atoms with Gasteiger partial charge in [0.2, 0.25) is 5.16 Å². The molecule has 0 saturated carbocycles. The Bertz CT molecular complexity index is 644. The van der Waals surface area contributed by atoms with Gasteiger partial charge in [-0.15, -0.1) is 10.2 Å². The number of hydrogen-bond acceptors (Lipinski definition) is 4. The summed E-state index contributed by atoms with van der Waals surface area (Å²) in [6.45, 7) is 2.12. The van der Waals surface area contributed by atoms with Crippen molar-refractivity contribution in [2.45, 2.75) is 23.8 Å². The Labute approximate surface area is 103 Å². The minimum absolute atomic E-state index is 0.406. The molecule has 2 aromatic rings. The van der Waals surface area contributed by atoms with E-state index < -0.39 is 0 Å². The summed E-state index contributed by atoms with van der Waals surface area (Å²) in [6.07, 6.45) is 2.71. The molecular weight excluding hydrogens is 232 g/mol. The van der Waals surface area contributed by atoms with Crippen LogP contribution in [0, 0.1) is 6.92 Å². The van der Waals surface area contributed by atoms with E-state index in [4.69, 9.17) is 0 Å². The zero-order valence-corrected chi connectivity index (χ0v) is 10.1. The van der Waals surface area contributed by atoms with E-state index in [2.05, 4.69) is 40.4 Å². The summed E-state index contributed by atoms with van der Waals surface area (Å²) in [4.78, 5) is 0. The highest BCUT2D eigenvalue weighted by Gasteiger charge is 2.33. The number of rotatable bonds is 0. The van der Waals surface area contributed by atoms with Gasteiger partial charge in [0.15, 0.2) is 0 Å². The zero-order chi connectivity index (χ0) is 11.4. The van der Waals surface area contributed by atoms with Crippen LogP contribution in [0.4, 0.5) is 0 Å². The first kappa shape index (κ1) is 9.41. The molecule has 0 amide bonds. The number of aromatic nitrogens is 3. The molecule has 1 aromatic carbocycles. The van der Waals surface area contributed by atoms with Crippen LogP contribution in [-0.2, 0) is 6.42 Å². The van der Waals surface area contributed by atoms with Crippen LogP contribution in [-0.4, -0.2) is 25.8 Å². The number of aryl methyl sites for hydroxylation is 1. The maximum atomic E-state index is 4.64. The molecule has 5 heteroatoms. The van der Waals surface area contributed by atoms with Crippen LogP contribution in [0.2, 0.25) is 0 Å². The van der Waals surface area contributed by atoms with Crippen molar-refractivity contribution in [1.82, 2.24) is 14.9 Å². The molecule has 0 bridgehead atoms. The van der Waals surface area contributed by atoms with Gasteiger partial charge in [-0.2, -0.15) is 9.78 Å². The van der Waals surface area contributed by atoms with Crippen molar-refractivity contribution in [3.63, 3.8) is 0 Å². The van der Waals surface area contributed by atoms with Crippen LogP contribution in [0.3, 0.4) is 0 Å². The molecule has 1 aliphatic carbocycles. The maximum Gasteiger partial charge on any atom is 0.212 e. The Kier molecular flexibility index (Phi) is 1.77. The number of hydrogen-bond donors (Lipinski definition) is 0. The molecule has 0 N–H and O–H groups in total. The monoisotopic (exact) mass is 242 g/mol. The van der Waals surface area contributed by atoms with Gasteiger partial charge in [-0.05, 0) is 25.0 Å². The van der Waals surface area contributed by atoms with Crippen LogP contribution in [0.1, 0.15) is 16.7 Å². The third kappa shape index (κ3) is 1.29. The minimum atomic E-state index is 0.406. The molecule has 0 fully saturated rings. The van der Waals surface area contributed by atoms with Crippen LogP contribution >= 0.6 is 11.8 Å². The molecule has 84 valence electrons. The molecule has 2 heterocycles. The third-order valence-electron chi connectivity index (χ3n) is 3.22. The lowest BCUT2D eigenvalue weighted by Crippen LogP contribution is -2.19. The molecule has 0 spiro atoms. The van der Waals surface area contributed by atoms with E-state index in [-0.39, 0.29) is 0 Å². The fourth-order valence-electron chi connectivity index (χ4n) is 2.40. The van der Waals surface area contributed by atoms with Crippen molar-refractivity contribution in [1.29, 1.82) is 0 Å². The lowest BCUT2D eigenvalue weighted by atomic mass is 10.1. The highest BCUT2D eigenvalue weighted by Crippen LogP contribution is 2.37. The van der Waals surface area contributed by atoms with Gasteiger partial charge in [-0.3, -0.25) is 0 Å². The summed E-state index contributed by atoms with van der Waals surface area (Å²) in [6, 6.07) is 6.61. The van der Waals surface area contributed by atoms with Crippen molar-refractivity contribution in [3.05, 3.63) is 41.2 Å². The van der Waals surface area contributed by atoms with E-state index in [9.17, 15) is 0 Å². The van der Waals surface area contributed by atoms with E-state index in [0.717, 1.165) is 11.6 Å². The Balaban J connectivity index is 1.92. The van der Waals surface area contributed by atoms with Crippen LogP contribution in [0.15, 0.2) is 34.8 Å². The van der Waals surface area contributed by atoms with E-state index in [1.807, 2.05) is 0 Å². The van der Waals surface area contributed by atoms with Crippen molar-refractivity contribution < 1.29 is 0 Å². The molecule has 0 saturated heterocycles. The van der Waals surface area contributed by atoms with Crippen LogP contribution in [0.25, 0.3) is 0 Å². The van der Waals surface area contributed by atoms with Crippen molar-refractivity contribution in [3.8, 4) is 0 Å². The van der Waals surface area contributed by atoms with Gasteiger partial charge in [0.25, 0.3) is 0 Å². The first-order valence-electron chi connectivity index (χ1n) is 5.57. The fraction of sp³-hybridized carbons (Fsp3) is 0.250. The first-order valence-corrected chi connectivity index (χ1v) is 6.45. The molecule has 1 aromatic heterocycles. The zero-order valence-electron chi connectivity index (χ0n) is 9.29. The Morgan fingerprint density at radius 2 is 2.35 bits per heavy atom. The third-order valence-corrected chi connectivity index (χ3v) is 4.37. The van der Waals surface area contributed by atoms with E-state index in [1.165, 1.54) is 22.4 Å². The van der Waals surface area contributed by atoms with Crippen molar-refractivity contribution in [2.75, 3.05) is 0 Å². The largest absolute Gasteiger partial charge is 0.212 e. The number of thioether (sulfide) groups is 1. The maximum absolute atomic E-state index is 4.64. The quantitative estimate of drug-likeness (QED) is 0.708. The molecule has 4 rings (SSSR count). The average Bonchev–Trinajstić information content (AvgIpc) is 2.89. The van der Waals surface area contributed by atoms with Gasteiger partial charge in [0, 0.05) is 5.56 Å². The van der Waals surface area contributed by atoms with Gasteiger partial charge in [0.05, 0.1) is 11.0 Å². The molecule has 1 unspecified atom stereocenters. The van der Waals surface area contributed by atoms with E-state index in [0.29, 0.717) is 5.25 Å². The molecule has 1 atom stereocenters. The van der Waals surface area contributed by atoms with Gasteiger partial charge < -0.3 is 0 Å².